The first-order valence-corrected chi connectivity index (χ1v) is 11.7. The van der Waals surface area contributed by atoms with E-state index < -0.39 is 0 Å². The minimum Gasteiger partial charge on any atom is -0.457 e. The lowest BCUT2D eigenvalue weighted by Crippen LogP contribution is -2.37. The third-order valence-electron chi connectivity index (χ3n) is 6.15. The predicted octanol–water partition coefficient (Wildman–Crippen LogP) is 6.57. The molecule has 2 aromatic carbocycles. The van der Waals surface area contributed by atoms with E-state index in [0.717, 1.165) is 41.4 Å². The zero-order valence-corrected chi connectivity index (χ0v) is 18.4. The molecule has 0 aliphatic carbocycles. The highest BCUT2D eigenvalue weighted by molar-refractivity contribution is 7.12. The smallest absolute Gasteiger partial charge is 0.265 e. The molecule has 1 amide bonds. The van der Waals surface area contributed by atoms with Gasteiger partial charge in [-0.1, -0.05) is 55.5 Å². The van der Waals surface area contributed by atoms with E-state index in [-0.39, 0.29) is 11.9 Å². The molecule has 1 aliphatic heterocycles. The van der Waals surface area contributed by atoms with E-state index >= 15 is 0 Å². The van der Waals surface area contributed by atoms with Crippen LogP contribution in [0.2, 0.25) is 0 Å². The van der Waals surface area contributed by atoms with Gasteiger partial charge in [0.05, 0.1) is 16.6 Å². The summed E-state index contributed by atoms with van der Waals surface area (Å²) in [5.41, 5.74) is 2.76. The van der Waals surface area contributed by atoms with Gasteiger partial charge in [-0.3, -0.25) is 9.69 Å². The van der Waals surface area contributed by atoms with E-state index in [9.17, 15) is 4.79 Å². The van der Waals surface area contributed by atoms with E-state index in [1.807, 2.05) is 47.8 Å². The lowest BCUT2D eigenvalue weighted by molar-refractivity contribution is 0.102. The number of thiophene rings is 1. The van der Waals surface area contributed by atoms with E-state index in [4.69, 9.17) is 4.42 Å². The first-order chi connectivity index (χ1) is 15.2. The normalized spacial score (nSPS) is 16.4. The summed E-state index contributed by atoms with van der Waals surface area (Å²) >= 11 is 1.44. The first kappa shape index (κ1) is 20.0. The molecule has 0 saturated carbocycles. The highest BCUT2D eigenvalue weighted by Crippen LogP contribution is 2.41. The predicted molar refractivity (Wildman–Crippen MR) is 127 cm³/mol. The number of hydrogen-bond donors (Lipinski definition) is 1. The van der Waals surface area contributed by atoms with Crippen LogP contribution in [0.5, 0.6) is 0 Å². The summed E-state index contributed by atoms with van der Waals surface area (Å²) < 4.78 is 6.46. The number of benzene rings is 2. The third kappa shape index (κ3) is 4.03. The van der Waals surface area contributed by atoms with Gasteiger partial charge in [0.2, 0.25) is 0 Å². The van der Waals surface area contributed by atoms with Crippen molar-refractivity contribution in [3.05, 3.63) is 88.3 Å². The van der Waals surface area contributed by atoms with Gasteiger partial charge in [0.25, 0.3) is 5.91 Å². The van der Waals surface area contributed by atoms with E-state index in [1.54, 1.807) is 0 Å². The summed E-state index contributed by atoms with van der Waals surface area (Å²) in [6.45, 7) is 4.34. The van der Waals surface area contributed by atoms with Gasteiger partial charge >= 0.3 is 0 Å². The maximum atomic E-state index is 13.0. The Hall–Kier alpha value is -2.89. The van der Waals surface area contributed by atoms with Gasteiger partial charge in [-0.05, 0) is 61.0 Å². The maximum Gasteiger partial charge on any atom is 0.265 e. The summed E-state index contributed by atoms with van der Waals surface area (Å²) in [6, 6.07) is 22.1. The number of carbonyl (C=O) groups is 1. The number of fused-ring (bicyclic) bond motifs is 1. The summed E-state index contributed by atoms with van der Waals surface area (Å²) in [5.74, 6) is 1.45. The van der Waals surface area contributed by atoms with Crippen LogP contribution >= 0.6 is 11.3 Å². The van der Waals surface area contributed by atoms with E-state index in [0.29, 0.717) is 4.88 Å². The van der Waals surface area contributed by atoms with Crippen LogP contribution in [-0.2, 0) is 0 Å². The lowest BCUT2D eigenvalue weighted by Gasteiger charge is -2.36. The molecule has 0 unspecified atom stereocenters. The number of likely N-dealkylation sites (tertiary alicyclic amines) is 1. The Bertz CT molecular complexity index is 1160. The lowest BCUT2D eigenvalue weighted by atomic mass is 9.94. The Morgan fingerprint density at radius 3 is 2.52 bits per heavy atom. The van der Waals surface area contributed by atoms with Gasteiger partial charge in [-0.15, -0.1) is 11.3 Å². The van der Waals surface area contributed by atoms with Crippen LogP contribution in [0.25, 0.3) is 11.0 Å². The topological polar surface area (TPSA) is 45.5 Å². The van der Waals surface area contributed by atoms with Crippen LogP contribution in [0.3, 0.4) is 0 Å². The minimum atomic E-state index is -0.0955. The van der Waals surface area contributed by atoms with Gasteiger partial charge in [0, 0.05) is 5.39 Å². The van der Waals surface area contributed by atoms with Crippen molar-refractivity contribution in [2.45, 2.75) is 25.8 Å². The summed E-state index contributed by atoms with van der Waals surface area (Å²) in [6.07, 6.45) is 2.33. The number of anilines is 1. The van der Waals surface area contributed by atoms with Gasteiger partial charge in [0.1, 0.15) is 11.3 Å². The van der Waals surface area contributed by atoms with Crippen LogP contribution in [-0.4, -0.2) is 23.9 Å². The zero-order chi connectivity index (χ0) is 21.2. The van der Waals surface area contributed by atoms with E-state index in [2.05, 4.69) is 41.4 Å². The molecule has 1 N–H and O–H groups in total. The van der Waals surface area contributed by atoms with Gasteiger partial charge in [0.15, 0.2) is 0 Å². The Morgan fingerprint density at radius 2 is 1.77 bits per heavy atom. The number of hydrogen-bond acceptors (Lipinski definition) is 4. The number of rotatable bonds is 5. The number of furan rings is 1. The average Bonchev–Trinajstić information content (AvgIpc) is 3.45. The Kier molecular flexibility index (Phi) is 5.62. The fourth-order valence-corrected chi connectivity index (χ4v) is 5.04. The SMILES string of the molecule is CC1CCN([C@@H](c2ccccc2)c2oc3ccccc3c2NC(=O)c2cccs2)CC1. The number of nitrogens with zero attached hydrogens (tertiary/aromatic N) is 1. The molecule has 2 aromatic heterocycles. The molecule has 5 heteroatoms. The number of nitrogens with one attached hydrogen (secondary N) is 1. The van der Waals surface area contributed by atoms with Crippen LogP contribution < -0.4 is 5.32 Å². The van der Waals surface area contributed by atoms with E-state index in [1.165, 1.54) is 29.7 Å². The van der Waals surface area contributed by atoms with Crippen LogP contribution in [0, 0.1) is 5.92 Å². The first-order valence-electron chi connectivity index (χ1n) is 10.9. The molecule has 1 fully saturated rings. The zero-order valence-electron chi connectivity index (χ0n) is 17.6. The van der Waals surface area contributed by atoms with Crippen molar-refractivity contribution in [3.63, 3.8) is 0 Å². The largest absolute Gasteiger partial charge is 0.457 e. The number of para-hydroxylation sites is 1. The molecule has 0 radical (unpaired) electrons. The summed E-state index contributed by atoms with van der Waals surface area (Å²) in [5, 5.41) is 6.05. The quantitative estimate of drug-likeness (QED) is 0.390. The molecule has 0 spiro atoms. The standard InChI is InChI=1S/C26H26N2O2S/c1-18-13-15-28(16-14-18)24(19-8-3-2-4-9-19)25-23(20-10-5-6-11-21(20)30-25)27-26(29)22-12-7-17-31-22/h2-12,17-18,24H,13-16H2,1H3,(H,27,29)/t24-/m0/s1. The molecule has 158 valence electrons. The molecule has 1 saturated heterocycles. The van der Waals surface area contributed by atoms with Crippen molar-refractivity contribution < 1.29 is 9.21 Å². The minimum absolute atomic E-state index is 0.0419. The molecule has 4 nitrogen and oxygen atoms in total. The Balaban J connectivity index is 1.62. The van der Waals surface area contributed by atoms with Crippen molar-refractivity contribution in [3.8, 4) is 0 Å². The highest BCUT2D eigenvalue weighted by atomic mass is 32.1. The van der Waals surface area contributed by atoms with Gasteiger partial charge < -0.3 is 9.73 Å². The maximum absolute atomic E-state index is 13.0. The van der Waals surface area contributed by atoms with Crippen molar-refractivity contribution in [1.82, 2.24) is 4.90 Å². The third-order valence-corrected chi connectivity index (χ3v) is 7.02. The second-order valence-corrected chi connectivity index (χ2v) is 9.25. The summed E-state index contributed by atoms with van der Waals surface area (Å²) in [7, 11) is 0. The van der Waals surface area contributed by atoms with Gasteiger partial charge in [-0.2, -0.15) is 0 Å². The van der Waals surface area contributed by atoms with Crippen molar-refractivity contribution in [2.75, 3.05) is 18.4 Å². The highest BCUT2D eigenvalue weighted by Gasteiger charge is 2.32. The number of amides is 1. The summed E-state index contributed by atoms with van der Waals surface area (Å²) in [4.78, 5) is 16.2. The van der Waals surface area contributed by atoms with Gasteiger partial charge in [-0.25, -0.2) is 0 Å². The second-order valence-electron chi connectivity index (χ2n) is 8.30. The fourth-order valence-electron chi connectivity index (χ4n) is 4.42. The molecule has 5 rings (SSSR count). The van der Waals surface area contributed by atoms with Crippen molar-refractivity contribution >= 4 is 33.9 Å². The van der Waals surface area contributed by atoms with Crippen molar-refractivity contribution in [1.29, 1.82) is 0 Å². The van der Waals surface area contributed by atoms with Crippen LogP contribution in [0.15, 0.2) is 76.5 Å². The number of piperidine rings is 1. The molecule has 31 heavy (non-hydrogen) atoms. The molecular weight excluding hydrogens is 404 g/mol. The second kappa shape index (κ2) is 8.69. The average molecular weight is 431 g/mol. The van der Waals surface area contributed by atoms with Crippen LogP contribution in [0.4, 0.5) is 5.69 Å². The Morgan fingerprint density at radius 1 is 1.03 bits per heavy atom. The molecule has 0 bridgehead atoms. The Labute approximate surface area is 186 Å². The molecule has 1 atom stereocenters. The molecule has 4 aromatic rings. The van der Waals surface area contributed by atoms with Crippen molar-refractivity contribution in [2.24, 2.45) is 5.92 Å². The van der Waals surface area contributed by atoms with Crippen LogP contribution in [0.1, 0.15) is 46.8 Å². The monoisotopic (exact) mass is 430 g/mol. The number of carbonyl (C=O) groups excluding carboxylic acids is 1. The molecule has 3 heterocycles. The fraction of sp³-hybridized carbons (Fsp3) is 0.269. The molecule has 1 aliphatic rings. The molecular formula is C26H26N2O2S.